The highest BCUT2D eigenvalue weighted by Gasteiger charge is 2.46. The Kier molecular flexibility index (Phi) is 6.54. The lowest BCUT2D eigenvalue weighted by Gasteiger charge is -2.43. The molecular weight excluding hydrogens is 358 g/mol. The Morgan fingerprint density at radius 3 is 2.32 bits per heavy atom. The maximum atomic E-state index is 13.4. The molecule has 3 aliphatic rings. The van der Waals surface area contributed by atoms with E-state index in [0.29, 0.717) is 18.9 Å². The van der Waals surface area contributed by atoms with Gasteiger partial charge in [-0.25, -0.2) is 4.79 Å². The lowest BCUT2D eigenvalue weighted by atomic mass is 9.93. The summed E-state index contributed by atoms with van der Waals surface area (Å²) in [6.07, 6.45) is 5.10. The van der Waals surface area contributed by atoms with Crippen LogP contribution in [0.2, 0.25) is 0 Å². The van der Waals surface area contributed by atoms with E-state index in [-0.39, 0.29) is 12.0 Å². The molecule has 0 unspecified atom stereocenters. The van der Waals surface area contributed by atoms with E-state index in [1.165, 1.54) is 0 Å². The van der Waals surface area contributed by atoms with E-state index in [9.17, 15) is 9.59 Å². The molecule has 0 aromatic heterocycles. The zero-order chi connectivity index (χ0) is 20.4. The van der Waals surface area contributed by atoms with Crippen LogP contribution in [-0.4, -0.2) is 77.9 Å². The first-order valence-corrected chi connectivity index (χ1v) is 10.8. The monoisotopic (exact) mass is 395 g/mol. The van der Waals surface area contributed by atoms with Crippen LogP contribution in [0.4, 0.5) is 4.79 Å². The van der Waals surface area contributed by atoms with Gasteiger partial charge in [-0.3, -0.25) is 9.69 Å². The number of amides is 2. The lowest BCUT2D eigenvalue weighted by molar-refractivity contribution is -0.140. The normalized spacial score (nSPS) is 26.9. The first kappa shape index (κ1) is 21.4. The summed E-state index contributed by atoms with van der Waals surface area (Å²) in [7, 11) is 0. The van der Waals surface area contributed by atoms with E-state index in [4.69, 9.17) is 9.47 Å². The van der Waals surface area contributed by atoms with Crippen LogP contribution in [0.25, 0.3) is 0 Å². The van der Waals surface area contributed by atoms with Gasteiger partial charge in [0.15, 0.2) is 0 Å². The van der Waals surface area contributed by atoms with Gasteiger partial charge in [-0.1, -0.05) is 12.8 Å². The van der Waals surface area contributed by atoms with Crippen molar-refractivity contribution in [1.82, 2.24) is 15.1 Å². The molecule has 2 saturated heterocycles. The van der Waals surface area contributed by atoms with Gasteiger partial charge in [0.05, 0.1) is 12.7 Å². The van der Waals surface area contributed by atoms with Crippen LogP contribution in [0.3, 0.4) is 0 Å². The van der Waals surface area contributed by atoms with Crippen LogP contribution >= 0.6 is 0 Å². The summed E-state index contributed by atoms with van der Waals surface area (Å²) >= 11 is 0. The lowest BCUT2D eigenvalue weighted by Crippen LogP contribution is -2.61. The predicted octanol–water partition coefficient (Wildman–Crippen LogP) is 2.54. The highest BCUT2D eigenvalue weighted by atomic mass is 16.6. The molecule has 3 fully saturated rings. The van der Waals surface area contributed by atoms with E-state index >= 15 is 0 Å². The maximum absolute atomic E-state index is 13.4. The van der Waals surface area contributed by atoms with Gasteiger partial charge in [-0.15, -0.1) is 0 Å². The molecule has 1 saturated carbocycles. The van der Waals surface area contributed by atoms with Gasteiger partial charge < -0.3 is 19.7 Å². The Labute approximate surface area is 169 Å². The molecule has 7 nitrogen and oxygen atoms in total. The van der Waals surface area contributed by atoms with Crippen LogP contribution in [0.15, 0.2) is 0 Å². The van der Waals surface area contributed by atoms with Crippen LogP contribution in [0, 0.1) is 0 Å². The number of likely N-dealkylation sites (tertiary alicyclic amines) is 1. The number of ether oxygens (including phenoxy) is 2. The average Bonchev–Trinajstić information content (AvgIpc) is 3.09. The fourth-order valence-corrected chi connectivity index (χ4v) is 4.78. The van der Waals surface area contributed by atoms with Crippen LogP contribution in [0.1, 0.15) is 66.2 Å². The zero-order valence-electron chi connectivity index (χ0n) is 18.0. The minimum atomic E-state index is -0.789. The van der Waals surface area contributed by atoms with Crippen LogP contribution < -0.4 is 5.32 Å². The van der Waals surface area contributed by atoms with Crippen molar-refractivity contribution in [1.29, 1.82) is 0 Å². The highest BCUT2D eigenvalue weighted by molar-refractivity contribution is 5.90. The third-order valence-corrected chi connectivity index (χ3v) is 6.15. The minimum Gasteiger partial charge on any atom is -0.444 e. The number of hydrogen-bond donors (Lipinski definition) is 1. The van der Waals surface area contributed by atoms with E-state index in [1.807, 2.05) is 25.7 Å². The molecular formula is C21H37N3O4. The van der Waals surface area contributed by atoms with E-state index in [0.717, 1.165) is 58.5 Å². The van der Waals surface area contributed by atoms with Crippen LogP contribution in [-0.2, 0) is 14.3 Å². The summed E-state index contributed by atoms with van der Waals surface area (Å²) < 4.78 is 11.1. The topological polar surface area (TPSA) is 71.1 Å². The molecule has 2 aliphatic heterocycles. The molecule has 1 aliphatic carbocycles. The van der Waals surface area contributed by atoms with Crippen molar-refractivity contribution >= 4 is 12.0 Å². The molecule has 2 heterocycles. The number of rotatable bonds is 3. The first-order valence-electron chi connectivity index (χ1n) is 10.8. The van der Waals surface area contributed by atoms with Crippen molar-refractivity contribution in [2.75, 3.05) is 32.8 Å². The number of carbonyl (C=O) groups is 2. The van der Waals surface area contributed by atoms with Crippen LogP contribution in [0.5, 0.6) is 0 Å². The second-order valence-corrected chi connectivity index (χ2v) is 9.62. The maximum Gasteiger partial charge on any atom is 0.408 e. The molecule has 0 radical (unpaired) electrons. The number of nitrogens with zero attached hydrogens (tertiary/aromatic N) is 2. The summed E-state index contributed by atoms with van der Waals surface area (Å²) in [5, 5.41) is 2.95. The average molecular weight is 396 g/mol. The summed E-state index contributed by atoms with van der Waals surface area (Å²) in [6, 6.07) is 0.522. The van der Waals surface area contributed by atoms with Crippen molar-refractivity contribution in [3.8, 4) is 0 Å². The van der Waals surface area contributed by atoms with E-state index in [2.05, 4.69) is 17.1 Å². The fourth-order valence-electron chi connectivity index (χ4n) is 4.78. The highest BCUT2D eigenvalue weighted by Crippen LogP contribution is 2.33. The Hall–Kier alpha value is -1.34. The molecule has 1 atom stereocenters. The molecule has 0 aromatic rings. The summed E-state index contributed by atoms with van der Waals surface area (Å²) in [5.41, 5.74) is -1.36. The molecule has 3 rings (SSSR count). The van der Waals surface area contributed by atoms with Gasteiger partial charge in [0.1, 0.15) is 11.1 Å². The number of carbonyl (C=O) groups excluding carboxylic acids is 2. The van der Waals surface area contributed by atoms with E-state index < -0.39 is 17.2 Å². The van der Waals surface area contributed by atoms with Gasteiger partial charge >= 0.3 is 6.09 Å². The minimum absolute atomic E-state index is 0.0738. The van der Waals surface area contributed by atoms with Crippen molar-refractivity contribution in [3.63, 3.8) is 0 Å². The number of hydrogen-bond acceptors (Lipinski definition) is 5. The smallest absolute Gasteiger partial charge is 0.408 e. The Morgan fingerprint density at radius 2 is 1.75 bits per heavy atom. The predicted molar refractivity (Wildman–Crippen MR) is 107 cm³/mol. The molecule has 1 N–H and O–H groups in total. The summed E-state index contributed by atoms with van der Waals surface area (Å²) in [6.45, 7) is 11.9. The molecule has 2 amide bonds. The Morgan fingerprint density at radius 1 is 1.11 bits per heavy atom. The largest absolute Gasteiger partial charge is 0.444 e. The molecule has 7 heteroatoms. The van der Waals surface area contributed by atoms with Gasteiger partial charge in [-0.05, 0) is 53.4 Å². The summed E-state index contributed by atoms with van der Waals surface area (Å²) in [4.78, 5) is 30.2. The SMILES string of the molecule is C[C@H]1CN(C2CCN(C(=O)C3(NC(=O)OC(C)(C)C)CCCC3)CC2)CCO1. The zero-order valence-corrected chi connectivity index (χ0v) is 18.0. The quantitative estimate of drug-likeness (QED) is 0.795. The number of morpholine rings is 1. The molecule has 0 bridgehead atoms. The second kappa shape index (κ2) is 8.57. The van der Waals surface area contributed by atoms with Crippen molar-refractivity contribution in [2.45, 2.75) is 89.5 Å². The van der Waals surface area contributed by atoms with Crippen molar-refractivity contribution in [3.05, 3.63) is 0 Å². The second-order valence-electron chi connectivity index (χ2n) is 9.62. The molecule has 160 valence electrons. The molecule has 0 spiro atoms. The fraction of sp³-hybridized carbons (Fsp3) is 0.905. The van der Waals surface area contributed by atoms with Gasteiger partial charge in [-0.2, -0.15) is 0 Å². The van der Waals surface area contributed by atoms with Gasteiger partial charge in [0.2, 0.25) is 5.91 Å². The van der Waals surface area contributed by atoms with E-state index in [1.54, 1.807) is 0 Å². The molecule has 0 aromatic carbocycles. The Balaban J connectivity index is 1.58. The standard InChI is InChI=1S/C21H37N3O4/c1-16-15-24(13-14-27-16)17-7-11-23(12-8-17)18(25)21(9-5-6-10-21)22-19(26)28-20(2,3)4/h16-17H,5-15H2,1-4H3,(H,22,26)/t16-/m0/s1. The number of alkyl carbamates (subject to hydrolysis) is 1. The number of nitrogens with one attached hydrogen (secondary N) is 1. The first-order chi connectivity index (χ1) is 13.2. The third-order valence-electron chi connectivity index (χ3n) is 6.15. The van der Waals surface area contributed by atoms with Gasteiger partial charge in [0.25, 0.3) is 0 Å². The number of piperidine rings is 1. The van der Waals surface area contributed by atoms with Crippen molar-refractivity contribution in [2.24, 2.45) is 0 Å². The Bertz CT molecular complexity index is 560. The van der Waals surface area contributed by atoms with Crippen molar-refractivity contribution < 1.29 is 19.1 Å². The van der Waals surface area contributed by atoms with Gasteiger partial charge in [0, 0.05) is 32.2 Å². The molecule has 28 heavy (non-hydrogen) atoms. The summed E-state index contributed by atoms with van der Waals surface area (Å²) in [5.74, 6) is 0.0738. The third kappa shape index (κ3) is 5.17.